The van der Waals surface area contributed by atoms with Crippen LogP contribution in [-0.2, 0) is 22.2 Å². The number of benzene rings is 2. The zero-order chi connectivity index (χ0) is 23.8. The summed E-state index contributed by atoms with van der Waals surface area (Å²) in [6, 6.07) is 6.94. The number of nitrogens with one attached hydrogen (secondary N) is 2. The fourth-order valence-electron chi connectivity index (χ4n) is 4.04. The summed E-state index contributed by atoms with van der Waals surface area (Å²) in [7, 11) is 0. The summed E-state index contributed by atoms with van der Waals surface area (Å²) >= 11 is 0. The van der Waals surface area contributed by atoms with E-state index in [1.807, 2.05) is 0 Å². The standard InChI is InChI=1S/C23H20F5N3O2/c24-17-10-16-19(11-18(17)25)29-12-20(16)30-21(32)22(33)31-7-5-14(6-8-31)9-13-1-3-15(4-2-13)23(26,27)28/h1-4,10-12,14,29H,5-9H2,(H,30,32). The first kappa shape index (κ1) is 22.8. The smallest absolute Gasteiger partial charge is 0.359 e. The van der Waals surface area contributed by atoms with Gasteiger partial charge in [-0.25, -0.2) is 8.78 Å². The van der Waals surface area contributed by atoms with E-state index in [9.17, 15) is 31.5 Å². The van der Waals surface area contributed by atoms with Crippen LogP contribution in [0.15, 0.2) is 42.6 Å². The molecule has 0 atom stereocenters. The maximum atomic E-state index is 13.5. The molecule has 33 heavy (non-hydrogen) atoms. The molecular weight excluding hydrogens is 445 g/mol. The number of carbonyl (C=O) groups excluding carboxylic acids is 2. The number of aromatic nitrogens is 1. The average Bonchev–Trinajstić information content (AvgIpc) is 3.15. The van der Waals surface area contributed by atoms with Gasteiger partial charge in [-0.05, 0) is 48.9 Å². The third kappa shape index (κ3) is 4.99. The summed E-state index contributed by atoms with van der Waals surface area (Å²) in [6.07, 6.45) is -1.22. The number of anilines is 1. The van der Waals surface area contributed by atoms with E-state index in [-0.39, 0.29) is 22.5 Å². The first-order valence-corrected chi connectivity index (χ1v) is 10.3. The molecule has 0 radical (unpaired) electrons. The molecule has 2 amide bonds. The van der Waals surface area contributed by atoms with Crippen molar-refractivity contribution in [2.45, 2.75) is 25.4 Å². The van der Waals surface area contributed by atoms with Crippen molar-refractivity contribution in [2.75, 3.05) is 18.4 Å². The number of hydrogen-bond donors (Lipinski definition) is 2. The van der Waals surface area contributed by atoms with Crippen LogP contribution in [0, 0.1) is 17.6 Å². The highest BCUT2D eigenvalue weighted by atomic mass is 19.4. The lowest BCUT2D eigenvalue weighted by molar-refractivity contribution is -0.144. The van der Waals surface area contributed by atoms with Crippen molar-refractivity contribution in [2.24, 2.45) is 5.92 Å². The molecular formula is C23H20F5N3O2. The molecule has 1 aromatic heterocycles. The minimum Gasteiger partial charge on any atom is -0.359 e. The van der Waals surface area contributed by atoms with E-state index < -0.39 is 35.2 Å². The minimum atomic E-state index is -4.37. The van der Waals surface area contributed by atoms with Crippen molar-refractivity contribution in [3.63, 3.8) is 0 Å². The average molecular weight is 465 g/mol. The van der Waals surface area contributed by atoms with Gasteiger partial charge in [-0.1, -0.05) is 12.1 Å². The van der Waals surface area contributed by atoms with E-state index in [2.05, 4.69) is 10.3 Å². The predicted octanol–water partition coefficient (Wildman–Crippen LogP) is 4.88. The van der Waals surface area contributed by atoms with Gasteiger partial charge in [0, 0.05) is 30.7 Å². The molecule has 1 aliphatic heterocycles. The summed E-state index contributed by atoms with van der Waals surface area (Å²) in [5, 5.41) is 2.68. The zero-order valence-electron chi connectivity index (χ0n) is 17.3. The number of alkyl halides is 3. The molecule has 0 saturated carbocycles. The second-order valence-corrected chi connectivity index (χ2v) is 8.10. The van der Waals surface area contributed by atoms with Gasteiger partial charge >= 0.3 is 18.0 Å². The predicted molar refractivity (Wildman–Crippen MR) is 111 cm³/mol. The second kappa shape index (κ2) is 8.84. The maximum Gasteiger partial charge on any atom is 0.416 e. The number of nitrogens with zero attached hydrogens (tertiary/aromatic N) is 1. The Morgan fingerprint density at radius 2 is 1.67 bits per heavy atom. The van der Waals surface area contributed by atoms with Gasteiger partial charge in [-0.15, -0.1) is 0 Å². The van der Waals surface area contributed by atoms with Gasteiger partial charge < -0.3 is 15.2 Å². The Bertz CT molecular complexity index is 1180. The van der Waals surface area contributed by atoms with Gasteiger partial charge in [0.2, 0.25) is 0 Å². The number of amides is 2. The van der Waals surface area contributed by atoms with E-state index in [0.717, 1.165) is 29.8 Å². The fourth-order valence-corrected chi connectivity index (χ4v) is 4.04. The molecule has 1 saturated heterocycles. The minimum absolute atomic E-state index is 0.166. The molecule has 2 aromatic carbocycles. The number of piperidine rings is 1. The van der Waals surface area contributed by atoms with E-state index >= 15 is 0 Å². The number of H-pyrrole nitrogens is 1. The topological polar surface area (TPSA) is 65.2 Å². The SMILES string of the molecule is O=C(Nc1c[nH]c2cc(F)c(F)cc12)C(=O)N1CCC(Cc2ccc(C(F)(F)F)cc2)CC1. The normalized spacial score (nSPS) is 15.1. The molecule has 1 fully saturated rings. The molecule has 5 nitrogen and oxygen atoms in total. The third-order valence-electron chi connectivity index (χ3n) is 5.87. The van der Waals surface area contributed by atoms with E-state index in [0.29, 0.717) is 32.4 Å². The van der Waals surface area contributed by atoms with Gasteiger partial charge in [0.1, 0.15) is 0 Å². The molecule has 4 rings (SSSR count). The Morgan fingerprint density at radius 3 is 2.30 bits per heavy atom. The van der Waals surface area contributed by atoms with Crippen LogP contribution in [0.5, 0.6) is 0 Å². The Morgan fingerprint density at radius 1 is 1.03 bits per heavy atom. The van der Waals surface area contributed by atoms with Crippen LogP contribution in [0.25, 0.3) is 10.9 Å². The van der Waals surface area contributed by atoms with Crippen molar-refractivity contribution in [3.8, 4) is 0 Å². The largest absolute Gasteiger partial charge is 0.416 e. The molecule has 0 unspecified atom stereocenters. The van der Waals surface area contributed by atoms with Crippen molar-refractivity contribution >= 4 is 28.4 Å². The summed E-state index contributed by atoms with van der Waals surface area (Å²) in [4.78, 5) is 29.1. The number of rotatable bonds is 3. The van der Waals surface area contributed by atoms with Crippen LogP contribution in [-0.4, -0.2) is 34.8 Å². The highest BCUT2D eigenvalue weighted by Crippen LogP contribution is 2.30. The summed E-state index contributed by atoms with van der Waals surface area (Å²) in [6.45, 7) is 0.677. The molecule has 0 spiro atoms. The molecule has 1 aliphatic rings. The highest BCUT2D eigenvalue weighted by Gasteiger charge is 2.31. The van der Waals surface area contributed by atoms with Crippen LogP contribution in [0.4, 0.5) is 27.6 Å². The molecule has 0 bridgehead atoms. The Hall–Kier alpha value is -3.43. The van der Waals surface area contributed by atoms with E-state index in [4.69, 9.17) is 0 Å². The van der Waals surface area contributed by atoms with Crippen LogP contribution < -0.4 is 5.32 Å². The number of likely N-dealkylation sites (tertiary alicyclic amines) is 1. The van der Waals surface area contributed by atoms with Gasteiger partial charge in [-0.2, -0.15) is 13.2 Å². The first-order valence-electron chi connectivity index (χ1n) is 10.3. The number of aromatic amines is 1. The molecule has 2 N–H and O–H groups in total. The maximum absolute atomic E-state index is 13.5. The number of fused-ring (bicyclic) bond motifs is 1. The monoisotopic (exact) mass is 465 g/mol. The third-order valence-corrected chi connectivity index (χ3v) is 5.87. The van der Waals surface area contributed by atoms with Crippen LogP contribution in [0.1, 0.15) is 24.0 Å². The molecule has 174 valence electrons. The Balaban J connectivity index is 1.32. The van der Waals surface area contributed by atoms with Crippen molar-refractivity contribution in [3.05, 3.63) is 65.4 Å². The Kier molecular flexibility index (Phi) is 6.09. The molecule has 3 aromatic rings. The van der Waals surface area contributed by atoms with Crippen LogP contribution >= 0.6 is 0 Å². The summed E-state index contributed by atoms with van der Waals surface area (Å²) in [5.74, 6) is -3.54. The van der Waals surface area contributed by atoms with Crippen molar-refractivity contribution in [1.82, 2.24) is 9.88 Å². The lowest BCUT2D eigenvalue weighted by Gasteiger charge is -2.31. The highest BCUT2D eigenvalue weighted by molar-refractivity contribution is 6.40. The van der Waals surface area contributed by atoms with Crippen molar-refractivity contribution in [1.29, 1.82) is 0 Å². The van der Waals surface area contributed by atoms with E-state index in [1.165, 1.54) is 23.2 Å². The van der Waals surface area contributed by atoms with Crippen LogP contribution in [0.3, 0.4) is 0 Å². The molecule has 0 aliphatic carbocycles. The molecule has 2 heterocycles. The lowest BCUT2D eigenvalue weighted by Crippen LogP contribution is -2.44. The summed E-state index contributed by atoms with van der Waals surface area (Å²) in [5.41, 5.74) is 0.537. The zero-order valence-corrected chi connectivity index (χ0v) is 17.3. The number of carbonyl (C=O) groups is 2. The lowest BCUT2D eigenvalue weighted by atomic mass is 9.90. The van der Waals surface area contributed by atoms with Crippen LogP contribution in [0.2, 0.25) is 0 Å². The number of halogens is 5. The van der Waals surface area contributed by atoms with Gasteiger partial charge in [0.05, 0.1) is 16.8 Å². The molecule has 10 heteroatoms. The second-order valence-electron chi connectivity index (χ2n) is 8.10. The number of hydrogen-bond acceptors (Lipinski definition) is 2. The first-order chi connectivity index (χ1) is 15.6. The van der Waals surface area contributed by atoms with Gasteiger partial charge in [0.15, 0.2) is 11.6 Å². The fraction of sp³-hybridized carbons (Fsp3) is 0.304. The van der Waals surface area contributed by atoms with E-state index in [1.54, 1.807) is 0 Å². The van der Waals surface area contributed by atoms with Crippen molar-refractivity contribution < 1.29 is 31.5 Å². The van der Waals surface area contributed by atoms with Gasteiger partial charge in [-0.3, -0.25) is 9.59 Å². The Labute approximate surface area is 185 Å². The van der Waals surface area contributed by atoms with Gasteiger partial charge in [0.25, 0.3) is 0 Å². The quantitative estimate of drug-likeness (QED) is 0.428. The summed E-state index contributed by atoms with van der Waals surface area (Å²) < 4.78 is 64.9.